The van der Waals surface area contributed by atoms with Gasteiger partial charge in [-0.3, -0.25) is 4.68 Å². The van der Waals surface area contributed by atoms with Crippen molar-refractivity contribution in [2.45, 2.75) is 19.9 Å². The molecule has 3 aromatic rings. The zero-order chi connectivity index (χ0) is 13.9. The van der Waals surface area contributed by atoms with Gasteiger partial charge in [0.1, 0.15) is 0 Å². The topological polar surface area (TPSA) is 17.8 Å². The van der Waals surface area contributed by atoms with Crippen LogP contribution in [0.3, 0.4) is 0 Å². The lowest BCUT2D eigenvalue weighted by Crippen LogP contribution is -2.06. The Balaban J connectivity index is 1.86. The van der Waals surface area contributed by atoms with Crippen molar-refractivity contribution in [2.24, 2.45) is 0 Å². The average molecular weight is 262 g/mol. The SMILES string of the molecule is Cc1cnn(C(C)c2ccc(-c3ccccc3)cc2)c1. The van der Waals surface area contributed by atoms with Gasteiger partial charge in [0.25, 0.3) is 0 Å². The normalized spacial score (nSPS) is 12.3. The lowest BCUT2D eigenvalue weighted by atomic mass is 10.0. The largest absolute Gasteiger partial charge is 0.265 e. The van der Waals surface area contributed by atoms with Crippen molar-refractivity contribution in [1.82, 2.24) is 9.78 Å². The van der Waals surface area contributed by atoms with Crippen LogP contribution in [0.4, 0.5) is 0 Å². The average Bonchev–Trinajstić information content (AvgIpc) is 2.94. The lowest BCUT2D eigenvalue weighted by molar-refractivity contribution is 0.564. The highest BCUT2D eigenvalue weighted by atomic mass is 15.3. The molecular weight excluding hydrogens is 244 g/mol. The van der Waals surface area contributed by atoms with Crippen LogP contribution in [0.15, 0.2) is 67.0 Å². The van der Waals surface area contributed by atoms with Crippen LogP contribution in [-0.2, 0) is 0 Å². The van der Waals surface area contributed by atoms with Gasteiger partial charge in [-0.25, -0.2) is 0 Å². The van der Waals surface area contributed by atoms with Gasteiger partial charge in [-0.15, -0.1) is 0 Å². The summed E-state index contributed by atoms with van der Waals surface area (Å²) in [4.78, 5) is 0. The molecule has 1 heterocycles. The molecule has 0 fully saturated rings. The van der Waals surface area contributed by atoms with Crippen molar-refractivity contribution < 1.29 is 0 Å². The Hall–Kier alpha value is -2.35. The van der Waals surface area contributed by atoms with Crippen LogP contribution >= 0.6 is 0 Å². The summed E-state index contributed by atoms with van der Waals surface area (Å²) in [5.41, 5.74) is 4.96. The molecule has 0 amide bonds. The van der Waals surface area contributed by atoms with Crippen molar-refractivity contribution >= 4 is 0 Å². The van der Waals surface area contributed by atoms with Crippen molar-refractivity contribution in [3.05, 3.63) is 78.1 Å². The predicted molar refractivity (Wildman–Crippen MR) is 82.7 cm³/mol. The van der Waals surface area contributed by atoms with E-state index in [1.165, 1.54) is 22.3 Å². The summed E-state index contributed by atoms with van der Waals surface area (Å²) in [7, 11) is 0. The van der Waals surface area contributed by atoms with E-state index in [9.17, 15) is 0 Å². The van der Waals surface area contributed by atoms with Gasteiger partial charge < -0.3 is 0 Å². The highest BCUT2D eigenvalue weighted by molar-refractivity contribution is 5.63. The fourth-order valence-electron chi connectivity index (χ4n) is 2.38. The molecule has 100 valence electrons. The summed E-state index contributed by atoms with van der Waals surface area (Å²) in [6.45, 7) is 4.23. The minimum atomic E-state index is 0.258. The third kappa shape index (κ3) is 2.50. The lowest BCUT2D eigenvalue weighted by Gasteiger charge is -2.13. The number of aromatic nitrogens is 2. The zero-order valence-electron chi connectivity index (χ0n) is 11.8. The molecule has 1 aromatic heterocycles. The number of rotatable bonds is 3. The van der Waals surface area contributed by atoms with E-state index in [0.717, 1.165) is 0 Å². The molecule has 1 atom stereocenters. The molecule has 2 nitrogen and oxygen atoms in total. The zero-order valence-corrected chi connectivity index (χ0v) is 11.8. The molecule has 20 heavy (non-hydrogen) atoms. The number of benzene rings is 2. The van der Waals surface area contributed by atoms with Crippen molar-refractivity contribution in [2.75, 3.05) is 0 Å². The van der Waals surface area contributed by atoms with Gasteiger partial charge in [-0.2, -0.15) is 5.10 Å². The number of aryl methyl sites for hydroxylation is 1. The molecular formula is C18H18N2. The van der Waals surface area contributed by atoms with Gasteiger partial charge in [0.2, 0.25) is 0 Å². The van der Waals surface area contributed by atoms with Crippen molar-refractivity contribution in [1.29, 1.82) is 0 Å². The van der Waals surface area contributed by atoms with Crippen LogP contribution in [0.25, 0.3) is 11.1 Å². The molecule has 0 radical (unpaired) electrons. The van der Waals surface area contributed by atoms with Crippen molar-refractivity contribution in [3.63, 3.8) is 0 Å². The first-order valence-electron chi connectivity index (χ1n) is 6.90. The van der Waals surface area contributed by atoms with Gasteiger partial charge in [0.05, 0.1) is 12.2 Å². The summed E-state index contributed by atoms with van der Waals surface area (Å²) in [5, 5.41) is 4.39. The maximum atomic E-state index is 4.39. The molecule has 0 spiro atoms. The van der Waals surface area contributed by atoms with Crippen LogP contribution in [0, 0.1) is 6.92 Å². The van der Waals surface area contributed by atoms with E-state index in [4.69, 9.17) is 0 Å². The van der Waals surface area contributed by atoms with E-state index in [1.54, 1.807) is 0 Å². The summed E-state index contributed by atoms with van der Waals surface area (Å²) in [6.07, 6.45) is 3.98. The molecule has 0 aliphatic heterocycles. The molecule has 0 saturated heterocycles. The summed E-state index contributed by atoms with van der Waals surface area (Å²) >= 11 is 0. The van der Waals surface area contributed by atoms with Gasteiger partial charge in [0.15, 0.2) is 0 Å². The van der Waals surface area contributed by atoms with E-state index in [0.29, 0.717) is 0 Å². The molecule has 0 aliphatic carbocycles. The highest BCUT2D eigenvalue weighted by Gasteiger charge is 2.08. The van der Waals surface area contributed by atoms with E-state index >= 15 is 0 Å². The maximum Gasteiger partial charge on any atom is 0.0740 e. The van der Waals surface area contributed by atoms with Crippen LogP contribution in [-0.4, -0.2) is 9.78 Å². The second-order valence-electron chi connectivity index (χ2n) is 5.16. The smallest absolute Gasteiger partial charge is 0.0740 e. The first-order chi connectivity index (χ1) is 9.74. The molecule has 0 bridgehead atoms. The molecule has 2 heteroatoms. The summed E-state index contributed by atoms with van der Waals surface area (Å²) in [6, 6.07) is 19.4. The highest BCUT2D eigenvalue weighted by Crippen LogP contribution is 2.23. The predicted octanol–water partition coefficient (Wildman–Crippen LogP) is 4.47. The van der Waals surface area contributed by atoms with E-state index < -0.39 is 0 Å². The second-order valence-corrected chi connectivity index (χ2v) is 5.16. The maximum absolute atomic E-state index is 4.39. The van der Waals surface area contributed by atoms with E-state index in [2.05, 4.69) is 73.7 Å². The molecule has 2 aromatic carbocycles. The third-order valence-electron chi connectivity index (χ3n) is 3.63. The van der Waals surface area contributed by atoms with Gasteiger partial charge in [0, 0.05) is 6.20 Å². The second kappa shape index (κ2) is 5.33. The quantitative estimate of drug-likeness (QED) is 0.681. The Morgan fingerprint density at radius 1 is 0.900 bits per heavy atom. The minimum Gasteiger partial charge on any atom is -0.265 e. The molecule has 1 unspecified atom stereocenters. The number of hydrogen-bond donors (Lipinski definition) is 0. The minimum absolute atomic E-state index is 0.258. The third-order valence-corrected chi connectivity index (χ3v) is 3.63. The van der Waals surface area contributed by atoms with Crippen LogP contribution in [0.5, 0.6) is 0 Å². The molecule has 3 rings (SSSR count). The Bertz CT molecular complexity index is 681. The molecule has 0 N–H and O–H groups in total. The number of nitrogens with zero attached hydrogens (tertiary/aromatic N) is 2. The Morgan fingerprint density at radius 2 is 1.55 bits per heavy atom. The Labute approximate surface area is 119 Å². The fraction of sp³-hybridized carbons (Fsp3) is 0.167. The van der Waals surface area contributed by atoms with Crippen LogP contribution < -0.4 is 0 Å². The Kier molecular flexibility index (Phi) is 3.38. The Morgan fingerprint density at radius 3 is 2.15 bits per heavy atom. The van der Waals surface area contributed by atoms with Gasteiger partial charge in [-0.1, -0.05) is 54.6 Å². The monoisotopic (exact) mass is 262 g/mol. The standard InChI is InChI=1S/C18H18N2/c1-14-12-19-20(13-14)15(2)16-8-10-18(11-9-16)17-6-4-3-5-7-17/h3-13,15H,1-2H3. The summed E-state index contributed by atoms with van der Waals surface area (Å²) < 4.78 is 2.01. The van der Waals surface area contributed by atoms with Gasteiger partial charge in [-0.05, 0) is 36.1 Å². The van der Waals surface area contributed by atoms with Crippen LogP contribution in [0.2, 0.25) is 0 Å². The van der Waals surface area contributed by atoms with E-state index in [1.807, 2.05) is 16.9 Å². The van der Waals surface area contributed by atoms with Gasteiger partial charge >= 0.3 is 0 Å². The van der Waals surface area contributed by atoms with Crippen molar-refractivity contribution in [3.8, 4) is 11.1 Å². The summed E-state index contributed by atoms with van der Waals surface area (Å²) in [5.74, 6) is 0. The van der Waals surface area contributed by atoms with Crippen LogP contribution in [0.1, 0.15) is 24.1 Å². The first kappa shape index (κ1) is 12.7. The first-order valence-corrected chi connectivity index (χ1v) is 6.90. The van der Waals surface area contributed by atoms with E-state index in [-0.39, 0.29) is 6.04 Å². The fourth-order valence-corrected chi connectivity index (χ4v) is 2.38. The molecule has 0 saturated carbocycles. The molecule has 0 aliphatic rings. The number of hydrogen-bond acceptors (Lipinski definition) is 1.